The molecule has 1 aromatic carbocycles. The van der Waals surface area contributed by atoms with E-state index in [0.717, 1.165) is 11.1 Å². The summed E-state index contributed by atoms with van der Waals surface area (Å²) in [6, 6.07) is 7.69. The normalized spacial score (nSPS) is 9.80. The second kappa shape index (κ2) is 4.59. The Morgan fingerprint density at radius 2 is 1.93 bits per heavy atom. The molecule has 0 heterocycles. The number of carbonyl (C=O) groups excluding carboxylic acids is 1. The van der Waals surface area contributed by atoms with Crippen LogP contribution in [0.25, 0.3) is 0 Å². The molecule has 1 rings (SSSR count). The van der Waals surface area contributed by atoms with E-state index in [-0.39, 0.29) is 0 Å². The summed E-state index contributed by atoms with van der Waals surface area (Å²) in [7, 11) is 0. The molecule has 0 aliphatic carbocycles. The van der Waals surface area contributed by atoms with Crippen LogP contribution in [0.2, 0.25) is 0 Å². The lowest BCUT2D eigenvalue weighted by Gasteiger charge is -2.19. The Bertz CT molecular complexity index is 457. The van der Waals surface area contributed by atoms with Crippen molar-refractivity contribution >= 4 is 6.08 Å². The van der Waals surface area contributed by atoms with Crippen molar-refractivity contribution in [1.29, 1.82) is 0 Å². The van der Waals surface area contributed by atoms with Crippen LogP contribution < -0.4 is 0 Å². The van der Waals surface area contributed by atoms with E-state index in [2.05, 4.69) is 16.8 Å². The van der Waals surface area contributed by atoms with Crippen LogP contribution in [0.4, 0.5) is 0 Å². The lowest BCUT2D eigenvalue weighted by atomic mass is 9.91. The lowest BCUT2D eigenvalue weighted by Crippen LogP contribution is -2.15. The summed E-state index contributed by atoms with van der Waals surface area (Å²) >= 11 is 0. The van der Waals surface area contributed by atoms with Gasteiger partial charge < -0.3 is 0 Å². The Morgan fingerprint density at radius 3 is 2.53 bits per heavy atom. The maximum Gasteiger partial charge on any atom is 0.235 e. The molecular weight excluding hydrogens is 186 g/mol. The average molecular weight is 199 g/mol. The maximum absolute atomic E-state index is 10.3. The summed E-state index contributed by atoms with van der Waals surface area (Å²) < 4.78 is 0. The number of rotatable bonds is 2. The predicted octanol–water partition coefficient (Wildman–Crippen LogP) is 2.63. The second-order valence-corrected chi connectivity index (χ2v) is 3.68. The highest BCUT2D eigenvalue weighted by atomic mass is 16.1. The summed E-state index contributed by atoms with van der Waals surface area (Å²) in [6.45, 7) is 5.52. The molecule has 0 atom stereocenters. The molecule has 0 aromatic heterocycles. The molecule has 2 heteroatoms. The summed E-state index contributed by atoms with van der Waals surface area (Å²) in [5.41, 5.74) is 1.29. The molecule has 2 nitrogen and oxygen atoms in total. The van der Waals surface area contributed by atoms with Crippen molar-refractivity contribution in [3.63, 3.8) is 0 Å². The predicted molar refractivity (Wildman–Crippen MR) is 60.1 cm³/mol. The van der Waals surface area contributed by atoms with Crippen molar-refractivity contribution in [2.45, 2.75) is 26.3 Å². The van der Waals surface area contributed by atoms with Gasteiger partial charge in [0.05, 0.1) is 5.54 Å². The topological polar surface area (TPSA) is 29.4 Å². The van der Waals surface area contributed by atoms with Gasteiger partial charge in [-0.2, -0.15) is 4.99 Å². The highest BCUT2D eigenvalue weighted by Crippen LogP contribution is 2.26. The minimum absolute atomic E-state index is 0.567. The van der Waals surface area contributed by atoms with Gasteiger partial charge in [-0.15, -0.1) is 5.92 Å². The maximum atomic E-state index is 10.3. The second-order valence-electron chi connectivity index (χ2n) is 3.68. The van der Waals surface area contributed by atoms with Crippen LogP contribution in [-0.2, 0) is 10.3 Å². The molecule has 0 amide bonds. The summed E-state index contributed by atoms with van der Waals surface area (Å²) in [5, 5.41) is 0. The molecule has 0 saturated carbocycles. The molecular formula is C13H13NO. The SMILES string of the molecule is CC#Cc1ccccc1C(C)(C)N=C=O. The van der Waals surface area contributed by atoms with Crippen LogP contribution >= 0.6 is 0 Å². The molecule has 1 aromatic rings. The Hall–Kier alpha value is -1.84. The number of hydrogen-bond donors (Lipinski definition) is 0. The van der Waals surface area contributed by atoms with Gasteiger partial charge in [0.2, 0.25) is 6.08 Å². The van der Waals surface area contributed by atoms with E-state index in [4.69, 9.17) is 0 Å². The van der Waals surface area contributed by atoms with Crippen LogP contribution in [0, 0.1) is 11.8 Å². The zero-order valence-corrected chi connectivity index (χ0v) is 9.16. The van der Waals surface area contributed by atoms with Gasteiger partial charge in [0.15, 0.2) is 0 Å². The van der Waals surface area contributed by atoms with E-state index in [1.165, 1.54) is 0 Å². The Balaban J connectivity index is 3.34. The van der Waals surface area contributed by atoms with E-state index in [1.54, 1.807) is 13.0 Å². The van der Waals surface area contributed by atoms with Crippen LogP contribution in [-0.4, -0.2) is 6.08 Å². The molecule has 0 aliphatic heterocycles. The van der Waals surface area contributed by atoms with Gasteiger partial charge in [0.1, 0.15) is 0 Å². The van der Waals surface area contributed by atoms with E-state index >= 15 is 0 Å². The minimum Gasteiger partial charge on any atom is -0.211 e. The molecule has 0 aliphatic rings. The first-order valence-corrected chi connectivity index (χ1v) is 4.73. The summed E-state index contributed by atoms with van der Waals surface area (Å²) in [5.74, 6) is 5.85. The van der Waals surface area contributed by atoms with Crippen molar-refractivity contribution in [2.75, 3.05) is 0 Å². The van der Waals surface area contributed by atoms with Crippen LogP contribution in [0.3, 0.4) is 0 Å². The fourth-order valence-electron chi connectivity index (χ4n) is 1.43. The quantitative estimate of drug-likeness (QED) is 0.409. The molecule has 15 heavy (non-hydrogen) atoms. The molecule has 0 radical (unpaired) electrons. The molecule has 0 N–H and O–H groups in total. The Kier molecular flexibility index (Phi) is 3.44. The van der Waals surface area contributed by atoms with Gasteiger partial charge >= 0.3 is 0 Å². The van der Waals surface area contributed by atoms with Crippen LogP contribution in [0.15, 0.2) is 29.3 Å². The van der Waals surface area contributed by atoms with Gasteiger partial charge in [-0.3, -0.25) is 0 Å². The van der Waals surface area contributed by atoms with Crippen molar-refractivity contribution in [3.05, 3.63) is 35.4 Å². The van der Waals surface area contributed by atoms with Gasteiger partial charge in [0, 0.05) is 5.56 Å². The third kappa shape index (κ3) is 2.56. The van der Waals surface area contributed by atoms with Crippen LogP contribution in [0.1, 0.15) is 31.9 Å². The molecule has 0 spiro atoms. The molecule has 0 saturated heterocycles. The largest absolute Gasteiger partial charge is 0.235 e. The third-order valence-corrected chi connectivity index (χ3v) is 2.17. The highest BCUT2D eigenvalue weighted by molar-refractivity contribution is 5.46. The van der Waals surface area contributed by atoms with E-state index in [1.807, 2.05) is 38.1 Å². The first kappa shape index (κ1) is 11.2. The average Bonchev–Trinajstić information content (AvgIpc) is 2.19. The van der Waals surface area contributed by atoms with Gasteiger partial charge in [0.25, 0.3) is 0 Å². The fraction of sp³-hybridized carbons (Fsp3) is 0.308. The van der Waals surface area contributed by atoms with Crippen molar-refractivity contribution in [2.24, 2.45) is 4.99 Å². The standard InChI is InChI=1S/C13H13NO/c1-4-7-11-8-5-6-9-12(11)13(2,3)14-10-15/h5-6,8-9H,1-3H3. The molecule has 0 unspecified atom stereocenters. The number of nitrogens with zero attached hydrogens (tertiary/aromatic N) is 1. The monoisotopic (exact) mass is 199 g/mol. The lowest BCUT2D eigenvalue weighted by molar-refractivity contribution is 0.522. The number of aliphatic imine (C=N–C) groups is 1. The van der Waals surface area contributed by atoms with Crippen LogP contribution in [0.5, 0.6) is 0 Å². The highest BCUT2D eigenvalue weighted by Gasteiger charge is 2.21. The zero-order valence-electron chi connectivity index (χ0n) is 9.16. The molecule has 0 fully saturated rings. The first-order valence-electron chi connectivity index (χ1n) is 4.73. The van der Waals surface area contributed by atoms with E-state index in [9.17, 15) is 4.79 Å². The Morgan fingerprint density at radius 1 is 1.27 bits per heavy atom. The number of isocyanates is 1. The zero-order chi connectivity index (χ0) is 11.3. The van der Waals surface area contributed by atoms with Gasteiger partial charge in [-0.1, -0.05) is 24.1 Å². The number of hydrogen-bond acceptors (Lipinski definition) is 2. The van der Waals surface area contributed by atoms with E-state index < -0.39 is 5.54 Å². The fourth-order valence-corrected chi connectivity index (χ4v) is 1.43. The Labute approximate surface area is 90.0 Å². The summed E-state index contributed by atoms with van der Waals surface area (Å²) in [6.07, 6.45) is 1.60. The van der Waals surface area contributed by atoms with Gasteiger partial charge in [-0.25, -0.2) is 4.79 Å². The number of benzene rings is 1. The van der Waals surface area contributed by atoms with E-state index in [0.29, 0.717) is 0 Å². The summed E-state index contributed by atoms with van der Waals surface area (Å²) in [4.78, 5) is 14.1. The third-order valence-electron chi connectivity index (χ3n) is 2.17. The smallest absolute Gasteiger partial charge is 0.211 e. The first-order chi connectivity index (χ1) is 7.11. The molecule has 0 bridgehead atoms. The van der Waals surface area contributed by atoms with Crippen molar-refractivity contribution < 1.29 is 4.79 Å². The van der Waals surface area contributed by atoms with Crippen molar-refractivity contribution in [3.8, 4) is 11.8 Å². The minimum atomic E-state index is -0.567. The van der Waals surface area contributed by atoms with Crippen molar-refractivity contribution in [1.82, 2.24) is 0 Å². The van der Waals surface area contributed by atoms with Gasteiger partial charge in [-0.05, 0) is 32.4 Å². The molecule has 76 valence electrons.